The zero-order valence-electron chi connectivity index (χ0n) is 8.34. The standard InChI is InChI=1S/C10H6N4O2/c1-5-8(14-4-2-3-11-14)6-7(12-5)9(15)10(16)13-6/h2-4H,1H3. The lowest BCUT2D eigenvalue weighted by atomic mass is 10.3. The van der Waals surface area contributed by atoms with Crippen LogP contribution in [-0.2, 0) is 0 Å². The zero-order chi connectivity index (χ0) is 11.3. The molecule has 0 spiro atoms. The summed E-state index contributed by atoms with van der Waals surface area (Å²) in [5.41, 5.74) is 0.295. The van der Waals surface area contributed by atoms with E-state index in [2.05, 4.69) is 15.1 Å². The second-order valence-electron chi connectivity index (χ2n) is 3.44. The molecule has 78 valence electrons. The highest BCUT2D eigenvalue weighted by Gasteiger charge is 2.25. The van der Waals surface area contributed by atoms with Crippen LogP contribution in [0.25, 0.3) is 17.1 Å². The van der Waals surface area contributed by atoms with Crippen LogP contribution >= 0.6 is 0 Å². The van der Waals surface area contributed by atoms with E-state index >= 15 is 0 Å². The van der Waals surface area contributed by atoms with Gasteiger partial charge in [0, 0.05) is 12.4 Å². The number of aryl methyl sites for hydroxylation is 1. The minimum atomic E-state index is -0.758. The Bertz CT molecular complexity index is 707. The number of nitrogens with zero attached hydrogens (tertiary/aromatic N) is 4. The van der Waals surface area contributed by atoms with Gasteiger partial charge in [0.25, 0.3) is 5.43 Å². The molecule has 0 fully saturated rings. The largest absolute Gasteiger partial charge is 0.320 e. The molecule has 0 radical (unpaired) electrons. The molecule has 0 aliphatic carbocycles. The van der Waals surface area contributed by atoms with Gasteiger partial charge in [-0.25, -0.2) is 14.6 Å². The fraction of sp³-hybridized carbons (Fsp3) is 0.100. The molecule has 1 aromatic heterocycles. The van der Waals surface area contributed by atoms with Crippen molar-refractivity contribution in [3.8, 4) is 17.1 Å². The summed E-state index contributed by atoms with van der Waals surface area (Å²) in [7, 11) is 0. The Morgan fingerprint density at radius 1 is 1.19 bits per heavy atom. The van der Waals surface area contributed by atoms with Gasteiger partial charge in [-0.2, -0.15) is 5.10 Å². The van der Waals surface area contributed by atoms with Crippen LogP contribution in [0.2, 0.25) is 0 Å². The third-order valence-corrected chi connectivity index (χ3v) is 2.43. The summed E-state index contributed by atoms with van der Waals surface area (Å²) < 4.78 is 1.55. The molecule has 0 bridgehead atoms. The molecule has 0 unspecified atom stereocenters. The SMILES string of the molecule is Cc1nc2c(=O)c(=O)nc-2c1-n1cccn1. The molecular formula is C10H6N4O2. The zero-order valence-corrected chi connectivity index (χ0v) is 8.34. The quantitative estimate of drug-likeness (QED) is 0.518. The third-order valence-electron chi connectivity index (χ3n) is 2.43. The lowest BCUT2D eigenvalue weighted by Crippen LogP contribution is -2.19. The van der Waals surface area contributed by atoms with E-state index < -0.39 is 11.0 Å². The molecule has 2 aliphatic rings. The fourth-order valence-electron chi connectivity index (χ4n) is 1.75. The maximum Gasteiger partial charge on any atom is 0.320 e. The highest BCUT2D eigenvalue weighted by atomic mass is 16.2. The van der Waals surface area contributed by atoms with E-state index in [0.29, 0.717) is 17.1 Å². The average Bonchev–Trinajstić information content (AvgIpc) is 2.89. The first-order valence-electron chi connectivity index (χ1n) is 4.66. The summed E-state index contributed by atoms with van der Waals surface area (Å²) in [4.78, 5) is 30.3. The molecule has 0 aromatic carbocycles. The van der Waals surface area contributed by atoms with Crippen LogP contribution in [0.15, 0.2) is 28.0 Å². The predicted octanol–water partition coefficient (Wildman–Crippen LogP) is -0.328. The van der Waals surface area contributed by atoms with Gasteiger partial charge >= 0.3 is 5.56 Å². The number of rotatable bonds is 1. The highest BCUT2D eigenvalue weighted by Crippen LogP contribution is 2.25. The van der Waals surface area contributed by atoms with Crippen molar-refractivity contribution in [1.29, 1.82) is 0 Å². The topological polar surface area (TPSA) is 77.7 Å². The van der Waals surface area contributed by atoms with Crippen molar-refractivity contribution in [3.05, 3.63) is 44.7 Å². The minimum absolute atomic E-state index is 0.132. The Labute approximate surface area is 89.2 Å². The van der Waals surface area contributed by atoms with Crippen LogP contribution < -0.4 is 11.0 Å². The molecule has 6 heteroatoms. The van der Waals surface area contributed by atoms with Gasteiger partial charge in [-0.15, -0.1) is 0 Å². The second kappa shape index (κ2) is 2.82. The fourth-order valence-corrected chi connectivity index (χ4v) is 1.75. The number of hydrogen-bond acceptors (Lipinski definition) is 5. The molecule has 0 atom stereocenters. The molecule has 3 heterocycles. The van der Waals surface area contributed by atoms with Crippen molar-refractivity contribution in [2.24, 2.45) is 0 Å². The smallest absolute Gasteiger partial charge is 0.281 e. The minimum Gasteiger partial charge on any atom is -0.281 e. The molecule has 16 heavy (non-hydrogen) atoms. The first-order valence-corrected chi connectivity index (χ1v) is 4.66. The lowest BCUT2D eigenvalue weighted by Gasteiger charge is -1.98. The van der Waals surface area contributed by atoms with E-state index in [1.165, 1.54) is 0 Å². The van der Waals surface area contributed by atoms with Crippen LogP contribution in [0.3, 0.4) is 0 Å². The first kappa shape index (κ1) is 8.90. The number of fused-ring (bicyclic) bond motifs is 1. The molecule has 0 saturated carbocycles. The highest BCUT2D eigenvalue weighted by molar-refractivity contribution is 5.71. The van der Waals surface area contributed by atoms with E-state index in [4.69, 9.17) is 0 Å². The maximum absolute atomic E-state index is 11.4. The van der Waals surface area contributed by atoms with Gasteiger partial charge in [-0.1, -0.05) is 0 Å². The first-order chi connectivity index (χ1) is 7.68. The van der Waals surface area contributed by atoms with Gasteiger partial charge in [0.05, 0.1) is 5.69 Å². The number of aromatic nitrogens is 4. The summed E-state index contributed by atoms with van der Waals surface area (Å²) >= 11 is 0. The third kappa shape index (κ3) is 0.979. The van der Waals surface area contributed by atoms with Gasteiger partial charge < -0.3 is 0 Å². The van der Waals surface area contributed by atoms with Gasteiger partial charge in [0.2, 0.25) is 0 Å². The molecule has 6 nitrogen and oxygen atoms in total. The molecule has 1 aromatic rings. The van der Waals surface area contributed by atoms with Crippen LogP contribution in [-0.4, -0.2) is 19.7 Å². The normalized spacial score (nSPS) is 11.3. The van der Waals surface area contributed by atoms with E-state index in [-0.39, 0.29) is 5.69 Å². The van der Waals surface area contributed by atoms with Gasteiger partial charge in [0.1, 0.15) is 17.1 Å². The Kier molecular flexibility index (Phi) is 1.57. The maximum atomic E-state index is 11.4. The van der Waals surface area contributed by atoms with E-state index in [9.17, 15) is 9.59 Å². The Morgan fingerprint density at radius 3 is 2.69 bits per heavy atom. The van der Waals surface area contributed by atoms with Crippen molar-refractivity contribution >= 4 is 0 Å². The average molecular weight is 214 g/mol. The Balaban J connectivity index is 2.41. The summed E-state index contributed by atoms with van der Waals surface area (Å²) in [6, 6.07) is 1.75. The number of hydrogen-bond donors (Lipinski definition) is 0. The van der Waals surface area contributed by atoms with Crippen LogP contribution in [0.1, 0.15) is 5.69 Å². The summed E-state index contributed by atoms with van der Waals surface area (Å²) in [6.07, 6.45) is 3.32. The molecule has 0 amide bonds. The Hall–Kier alpha value is -2.37. The molecular weight excluding hydrogens is 208 g/mol. The lowest BCUT2D eigenvalue weighted by molar-refractivity contribution is 0.871. The molecule has 0 saturated heterocycles. The van der Waals surface area contributed by atoms with Crippen molar-refractivity contribution in [2.75, 3.05) is 0 Å². The molecule has 3 rings (SSSR count). The van der Waals surface area contributed by atoms with Crippen molar-refractivity contribution in [1.82, 2.24) is 19.7 Å². The van der Waals surface area contributed by atoms with Crippen molar-refractivity contribution in [2.45, 2.75) is 6.92 Å². The van der Waals surface area contributed by atoms with Crippen LogP contribution in [0.4, 0.5) is 0 Å². The van der Waals surface area contributed by atoms with E-state index in [1.54, 1.807) is 30.1 Å². The van der Waals surface area contributed by atoms with Crippen molar-refractivity contribution in [3.63, 3.8) is 0 Å². The summed E-state index contributed by atoms with van der Waals surface area (Å²) in [5, 5.41) is 4.04. The summed E-state index contributed by atoms with van der Waals surface area (Å²) in [6.45, 7) is 1.75. The van der Waals surface area contributed by atoms with Crippen LogP contribution in [0, 0.1) is 6.92 Å². The van der Waals surface area contributed by atoms with Crippen molar-refractivity contribution < 1.29 is 0 Å². The Morgan fingerprint density at radius 2 is 2.00 bits per heavy atom. The second-order valence-corrected chi connectivity index (χ2v) is 3.44. The van der Waals surface area contributed by atoms with Gasteiger partial charge in [-0.3, -0.25) is 9.59 Å². The molecule has 2 aliphatic heterocycles. The monoisotopic (exact) mass is 214 g/mol. The predicted molar refractivity (Wildman–Crippen MR) is 55.4 cm³/mol. The van der Waals surface area contributed by atoms with Gasteiger partial charge in [-0.05, 0) is 13.0 Å². The van der Waals surface area contributed by atoms with Crippen LogP contribution in [0.5, 0.6) is 0 Å². The van der Waals surface area contributed by atoms with Gasteiger partial charge in [0.15, 0.2) is 0 Å². The molecule has 0 N–H and O–H groups in total. The summed E-state index contributed by atoms with van der Waals surface area (Å²) in [5.74, 6) is 0. The van der Waals surface area contributed by atoms with E-state index in [1.807, 2.05) is 0 Å². The van der Waals surface area contributed by atoms with E-state index in [0.717, 1.165) is 0 Å².